The van der Waals surface area contributed by atoms with Crippen LogP contribution in [0.3, 0.4) is 0 Å². The molecule has 1 aromatic carbocycles. The van der Waals surface area contributed by atoms with Gasteiger partial charge in [-0.2, -0.15) is 0 Å². The van der Waals surface area contributed by atoms with E-state index in [1.807, 2.05) is 18.2 Å². The normalized spacial score (nSPS) is 26.3. The Hall–Kier alpha value is -0.240. The van der Waals surface area contributed by atoms with Crippen molar-refractivity contribution >= 4 is 23.2 Å². The first-order chi connectivity index (χ1) is 10.0. The van der Waals surface area contributed by atoms with Crippen LogP contribution in [0.25, 0.3) is 0 Å². The first-order valence-corrected chi connectivity index (χ1v) is 8.94. The zero-order chi connectivity index (χ0) is 15.4. The smallest absolute Gasteiger partial charge is 0.0452 e. The van der Waals surface area contributed by atoms with Gasteiger partial charge in [-0.05, 0) is 67.7 Å². The molecule has 1 saturated carbocycles. The fourth-order valence-electron chi connectivity index (χ4n) is 3.65. The molecule has 0 aromatic heterocycles. The van der Waals surface area contributed by atoms with Crippen LogP contribution in [-0.2, 0) is 6.42 Å². The Balaban J connectivity index is 2.16. The van der Waals surface area contributed by atoms with Crippen molar-refractivity contribution in [2.75, 3.05) is 6.54 Å². The summed E-state index contributed by atoms with van der Waals surface area (Å²) >= 11 is 12.7. The number of halogens is 2. The molecule has 3 unspecified atom stereocenters. The van der Waals surface area contributed by atoms with Gasteiger partial charge in [0.2, 0.25) is 0 Å². The van der Waals surface area contributed by atoms with Crippen molar-refractivity contribution in [3.63, 3.8) is 0 Å². The number of nitrogens with one attached hydrogen (secondary N) is 1. The van der Waals surface area contributed by atoms with Crippen LogP contribution in [0.4, 0.5) is 0 Å². The summed E-state index contributed by atoms with van der Waals surface area (Å²) in [7, 11) is 0. The van der Waals surface area contributed by atoms with E-state index in [0.717, 1.165) is 40.4 Å². The second-order valence-electron chi connectivity index (χ2n) is 6.65. The van der Waals surface area contributed by atoms with Crippen LogP contribution in [0.2, 0.25) is 10.0 Å². The van der Waals surface area contributed by atoms with Gasteiger partial charge in [-0.1, -0.05) is 50.0 Å². The standard InChI is InChI=1S/C18H27Cl2N/c1-4-21-18-9-8-13(12(2)3)10-14(18)11-15-16(19)6-5-7-17(15)20/h5-7,12-14,18,21H,4,8-11H2,1-3H3. The molecule has 0 amide bonds. The van der Waals surface area contributed by atoms with Gasteiger partial charge in [0.05, 0.1) is 0 Å². The third-order valence-corrected chi connectivity index (χ3v) is 5.67. The van der Waals surface area contributed by atoms with Crippen molar-refractivity contribution in [1.82, 2.24) is 5.32 Å². The summed E-state index contributed by atoms with van der Waals surface area (Å²) in [5.41, 5.74) is 1.12. The van der Waals surface area contributed by atoms with Gasteiger partial charge in [-0.25, -0.2) is 0 Å². The number of rotatable bonds is 5. The van der Waals surface area contributed by atoms with E-state index in [1.54, 1.807) is 0 Å². The Bertz CT molecular complexity index is 438. The Morgan fingerprint density at radius 2 is 1.86 bits per heavy atom. The molecule has 0 spiro atoms. The molecule has 0 heterocycles. The highest BCUT2D eigenvalue weighted by molar-refractivity contribution is 6.35. The Kier molecular flexibility index (Phi) is 6.40. The maximum Gasteiger partial charge on any atom is 0.0452 e. The Labute approximate surface area is 139 Å². The highest BCUT2D eigenvalue weighted by Gasteiger charge is 2.32. The molecule has 1 aliphatic carbocycles. The zero-order valence-corrected chi connectivity index (χ0v) is 14.8. The Morgan fingerprint density at radius 1 is 1.19 bits per heavy atom. The molecule has 21 heavy (non-hydrogen) atoms. The van der Waals surface area contributed by atoms with Gasteiger partial charge >= 0.3 is 0 Å². The van der Waals surface area contributed by atoms with Gasteiger partial charge in [0.25, 0.3) is 0 Å². The van der Waals surface area contributed by atoms with E-state index < -0.39 is 0 Å². The molecule has 0 aliphatic heterocycles. The minimum absolute atomic E-state index is 0.595. The topological polar surface area (TPSA) is 12.0 Å². The summed E-state index contributed by atoms with van der Waals surface area (Å²) in [6, 6.07) is 6.42. The summed E-state index contributed by atoms with van der Waals surface area (Å²) in [6.45, 7) is 7.91. The van der Waals surface area contributed by atoms with E-state index in [0.29, 0.717) is 12.0 Å². The van der Waals surface area contributed by atoms with Crippen LogP contribution in [0.5, 0.6) is 0 Å². The van der Waals surface area contributed by atoms with E-state index in [4.69, 9.17) is 23.2 Å². The molecule has 1 N–H and O–H groups in total. The number of hydrogen-bond donors (Lipinski definition) is 1. The van der Waals surface area contributed by atoms with Crippen LogP contribution in [0, 0.1) is 17.8 Å². The predicted molar refractivity (Wildman–Crippen MR) is 93.3 cm³/mol. The van der Waals surface area contributed by atoms with Crippen molar-refractivity contribution in [2.24, 2.45) is 17.8 Å². The molecule has 3 heteroatoms. The number of hydrogen-bond acceptors (Lipinski definition) is 1. The lowest BCUT2D eigenvalue weighted by Crippen LogP contribution is -2.42. The second kappa shape index (κ2) is 7.85. The lowest BCUT2D eigenvalue weighted by atomic mass is 9.71. The maximum absolute atomic E-state index is 6.37. The van der Waals surface area contributed by atoms with Crippen LogP contribution >= 0.6 is 23.2 Å². The molecule has 0 saturated heterocycles. The molecule has 0 bridgehead atoms. The fourth-order valence-corrected chi connectivity index (χ4v) is 4.20. The molecule has 3 atom stereocenters. The van der Waals surface area contributed by atoms with E-state index >= 15 is 0 Å². The van der Waals surface area contributed by atoms with Crippen molar-refractivity contribution in [2.45, 2.75) is 52.5 Å². The molecule has 1 aromatic rings. The second-order valence-corrected chi connectivity index (χ2v) is 7.46. The van der Waals surface area contributed by atoms with Crippen LogP contribution in [-0.4, -0.2) is 12.6 Å². The summed E-state index contributed by atoms with van der Waals surface area (Å²) in [4.78, 5) is 0. The summed E-state index contributed by atoms with van der Waals surface area (Å²) in [5, 5.41) is 5.29. The highest BCUT2D eigenvalue weighted by Crippen LogP contribution is 2.38. The summed E-state index contributed by atoms with van der Waals surface area (Å²) in [5.74, 6) is 2.21. The molecule has 0 radical (unpaired) electrons. The van der Waals surface area contributed by atoms with Gasteiger partial charge in [0.1, 0.15) is 0 Å². The Morgan fingerprint density at radius 3 is 2.43 bits per heavy atom. The molecular formula is C18H27Cl2N. The molecular weight excluding hydrogens is 301 g/mol. The van der Waals surface area contributed by atoms with Crippen molar-refractivity contribution in [3.8, 4) is 0 Å². The first kappa shape index (κ1) is 17.1. The average molecular weight is 328 g/mol. The van der Waals surface area contributed by atoms with Gasteiger partial charge in [-0.15, -0.1) is 0 Å². The third kappa shape index (κ3) is 4.37. The highest BCUT2D eigenvalue weighted by atomic mass is 35.5. The molecule has 1 nitrogen and oxygen atoms in total. The molecule has 118 valence electrons. The van der Waals surface area contributed by atoms with Crippen molar-refractivity contribution < 1.29 is 0 Å². The largest absolute Gasteiger partial charge is 0.314 e. The average Bonchev–Trinajstić information content (AvgIpc) is 2.44. The summed E-state index contributed by atoms with van der Waals surface area (Å²) < 4.78 is 0. The lowest BCUT2D eigenvalue weighted by Gasteiger charge is -2.38. The lowest BCUT2D eigenvalue weighted by molar-refractivity contribution is 0.169. The predicted octanol–water partition coefficient (Wildman–Crippen LogP) is 5.59. The molecule has 2 rings (SSSR count). The zero-order valence-electron chi connectivity index (χ0n) is 13.3. The van der Waals surface area contributed by atoms with Gasteiger partial charge < -0.3 is 5.32 Å². The van der Waals surface area contributed by atoms with E-state index in [1.165, 1.54) is 19.3 Å². The molecule has 1 aliphatic rings. The van der Waals surface area contributed by atoms with E-state index in [-0.39, 0.29) is 0 Å². The van der Waals surface area contributed by atoms with Crippen molar-refractivity contribution in [1.29, 1.82) is 0 Å². The van der Waals surface area contributed by atoms with Crippen LogP contribution < -0.4 is 5.32 Å². The van der Waals surface area contributed by atoms with Gasteiger partial charge in [0, 0.05) is 16.1 Å². The third-order valence-electron chi connectivity index (χ3n) is 4.96. The SMILES string of the molecule is CCNC1CCC(C(C)C)CC1Cc1c(Cl)cccc1Cl. The van der Waals surface area contributed by atoms with Crippen LogP contribution in [0.1, 0.15) is 45.6 Å². The minimum atomic E-state index is 0.595. The monoisotopic (exact) mass is 327 g/mol. The number of benzene rings is 1. The summed E-state index contributed by atoms with van der Waals surface area (Å²) in [6.07, 6.45) is 4.86. The fraction of sp³-hybridized carbons (Fsp3) is 0.667. The van der Waals surface area contributed by atoms with Gasteiger partial charge in [-0.3, -0.25) is 0 Å². The maximum atomic E-state index is 6.37. The van der Waals surface area contributed by atoms with Gasteiger partial charge in [0.15, 0.2) is 0 Å². The van der Waals surface area contributed by atoms with Crippen LogP contribution in [0.15, 0.2) is 18.2 Å². The van der Waals surface area contributed by atoms with Crippen molar-refractivity contribution in [3.05, 3.63) is 33.8 Å². The van der Waals surface area contributed by atoms with E-state index in [2.05, 4.69) is 26.1 Å². The molecule has 1 fully saturated rings. The quantitative estimate of drug-likeness (QED) is 0.743. The minimum Gasteiger partial charge on any atom is -0.314 e. The van der Waals surface area contributed by atoms with E-state index in [9.17, 15) is 0 Å². The first-order valence-electron chi connectivity index (χ1n) is 8.19.